The third-order valence-corrected chi connectivity index (χ3v) is 4.58. The van der Waals surface area contributed by atoms with E-state index >= 15 is 0 Å². The molecule has 2 N–H and O–H groups in total. The molecule has 106 valence electrons. The number of hydrogen-bond acceptors (Lipinski definition) is 3. The molecule has 0 unspecified atom stereocenters. The molecular weight excluding hydrogens is 274 g/mol. The smallest absolute Gasteiger partial charge is 0.262 e. The van der Waals surface area contributed by atoms with Gasteiger partial charge in [0.2, 0.25) is 0 Å². The molecule has 0 radical (unpaired) electrons. The van der Waals surface area contributed by atoms with E-state index in [1.54, 1.807) is 43.3 Å². The SMILES string of the molecule is Cc1ccc(S(=O)(=O)Nc2ccccc2CO)c(C)c1. The highest BCUT2D eigenvalue weighted by molar-refractivity contribution is 7.92. The first kappa shape index (κ1) is 14.6. The van der Waals surface area contributed by atoms with Crippen molar-refractivity contribution in [2.24, 2.45) is 0 Å². The minimum Gasteiger partial charge on any atom is -0.392 e. The van der Waals surface area contributed by atoms with Crippen molar-refractivity contribution in [3.63, 3.8) is 0 Å². The number of sulfonamides is 1. The molecule has 0 saturated heterocycles. The lowest BCUT2D eigenvalue weighted by atomic mass is 10.2. The first-order valence-corrected chi connectivity index (χ1v) is 7.71. The molecule has 5 heteroatoms. The molecule has 0 bridgehead atoms. The third-order valence-electron chi connectivity index (χ3n) is 3.05. The van der Waals surface area contributed by atoms with Gasteiger partial charge in [0.1, 0.15) is 0 Å². The van der Waals surface area contributed by atoms with Crippen LogP contribution in [0.5, 0.6) is 0 Å². The minimum atomic E-state index is -3.65. The van der Waals surface area contributed by atoms with Crippen molar-refractivity contribution in [3.05, 3.63) is 59.2 Å². The Morgan fingerprint density at radius 2 is 1.80 bits per heavy atom. The van der Waals surface area contributed by atoms with Crippen LogP contribution in [-0.4, -0.2) is 13.5 Å². The van der Waals surface area contributed by atoms with Gasteiger partial charge in [0.05, 0.1) is 17.2 Å². The topological polar surface area (TPSA) is 66.4 Å². The van der Waals surface area contributed by atoms with Gasteiger partial charge in [-0.3, -0.25) is 4.72 Å². The van der Waals surface area contributed by atoms with Crippen LogP contribution in [0.15, 0.2) is 47.4 Å². The predicted octanol–water partition coefficient (Wildman–Crippen LogP) is 2.60. The van der Waals surface area contributed by atoms with Gasteiger partial charge in [-0.05, 0) is 31.5 Å². The molecule has 2 rings (SSSR count). The van der Waals surface area contributed by atoms with E-state index in [1.807, 2.05) is 13.0 Å². The Kier molecular flexibility index (Phi) is 4.11. The molecule has 2 aromatic carbocycles. The molecule has 0 fully saturated rings. The number of aryl methyl sites for hydroxylation is 2. The van der Waals surface area contributed by atoms with E-state index in [0.717, 1.165) is 5.56 Å². The van der Waals surface area contributed by atoms with Crippen LogP contribution >= 0.6 is 0 Å². The maximum Gasteiger partial charge on any atom is 0.262 e. The van der Waals surface area contributed by atoms with E-state index in [9.17, 15) is 13.5 Å². The van der Waals surface area contributed by atoms with Gasteiger partial charge in [-0.15, -0.1) is 0 Å². The second-order valence-electron chi connectivity index (χ2n) is 4.69. The summed E-state index contributed by atoms with van der Waals surface area (Å²) < 4.78 is 27.3. The van der Waals surface area contributed by atoms with Crippen molar-refractivity contribution in [1.29, 1.82) is 0 Å². The Labute approximate surface area is 119 Å². The van der Waals surface area contributed by atoms with Gasteiger partial charge in [0, 0.05) is 5.56 Å². The number of hydrogen-bond donors (Lipinski definition) is 2. The summed E-state index contributed by atoms with van der Waals surface area (Å²) in [5.74, 6) is 0. The second kappa shape index (κ2) is 5.64. The number of aliphatic hydroxyl groups is 1. The largest absolute Gasteiger partial charge is 0.392 e. The highest BCUT2D eigenvalue weighted by Gasteiger charge is 2.17. The summed E-state index contributed by atoms with van der Waals surface area (Å²) in [6.45, 7) is 3.46. The number of nitrogens with one attached hydrogen (secondary N) is 1. The van der Waals surface area contributed by atoms with E-state index in [-0.39, 0.29) is 11.5 Å². The molecule has 4 nitrogen and oxygen atoms in total. The van der Waals surface area contributed by atoms with Crippen LogP contribution < -0.4 is 4.72 Å². The lowest BCUT2D eigenvalue weighted by molar-refractivity contribution is 0.282. The number of aliphatic hydroxyl groups excluding tert-OH is 1. The summed E-state index contributed by atoms with van der Waals surface area (Å²) in [5, 5.41) is 9.24. The Morgan fingerprint density at radius 1 is 1.10 bits per heavy atom. The standard InChI is InChI=1S/C15H17NO3S/c1-11-7-8-15(12(2)9-11)20(18,19)16-14-6-4-3-5-13(14)10-17/h3-9,16-17H,10H2,1-2H3. The Bertz CT molecular complexity index is 724. The summed E-state index contributed by atoms with van der Waals surface area (Å²) in [7, 11) is -3.65. The van der Waals surface area contributed by atoms with Crippen molar-refractivity contribution in [3.8, 4) is 0 Å². The summed E-state index contributed by atoms with van der Waals surface area (Å²) >= 11 is 0. The highest BCUT2D eigenvalue weighted by Crippen LogP contribution is 2.22. The molecule has 0 aromatic heterocycles. The Balaban J connectivity index is 2.41. The minimum absolute atomic E-state index is 0.217. The van der Waals surface area contributed by atoms with Crippen LogP contribution in [0.1, 0.15) is 16.7 Å². The monoisotopic (exact) mass is 291 g/mol. The van der Waals surface area contributed by atoms with Gasteiger partial charge in [-0.2, -0.15) is 0 Å². The molecule has 20 heavy (non-hydrogen) atoms. The quantitative estimate of drug-likeness (QED) is 0.910. The van der Waals surface area contributed by atoms with Crippen LogP contribution in [-0.2, 0) is 16.6 Å². The van der Waals surface area contributed by atoms with Crippen LogP contribution in [0.3, 0.4) is 0 Å². The van der Waals surface area contributed by atoms with Crippen molar-refractivity contribution >= 4 is 15.7 Å². The van der Waals surface area contributed by atoms with E-state index in [1.165, 1.54) is 0 Å². The van der Waals surface area contributed by atoms with Gasteiger partial charge < -0.3 is 5.11 Å². The molecule has 2 aromatic rings. The molecule has 0 aliphatic carbocycles. The Morgan fingerprint density at radius 3 is 2.45 bits per heavy atom. The third kappa shape index (κ3) is 3.00. The van der Waals surface area contributed by atoms with Crippen molar-refractivity contribution in [2.45, 2.75) is 25.3 Å². The van der Waals surface area contributed by atoms with E-state index < -0.39 is 10.0 Å². The zero-order chi connectivity index (χ0) is 14.8. The molecule has 0 spiro atoms. The van der Waals surface area contributed by atoms with Crippen molar-refractivity contribution < 1.29 is 13.5 Å². The van der Waals surface area contributed by atoms with Gasteiger partial charge in [-0.25, -0.2) is 8.42 Å². The average Bonchev–Trinajstić information content (AvgIpc) is 2.38. The summed E-state index contributed by atoms with van der Waals surface area (Å²) in [6, 6.07) is 12.0. The molecule has 0 aliphatic heterocycles. The number of benzene rings is 2. The van der Waals surface area contributed by atoms with Crippen LogP contribution in [0.2, 0.25) is 0 Å². The van der Waals surface area contributed by atoms with E-state index in [2.05, 4.69) is 4.72 Å². The Hall–Kier alpha value is -1.85. The fourth-order valence-electron chi connectivity index (χ4n) is 2.06. The first-order valence-electron chi connectivity index (χ1n) is 6.23. The maximum atomic E-state index is 12.4. The van der Waals surface area contributed by atoms with Crippen LogP contribution in [0, 0.1) is 13.8 Å². The van der Waals surface area contributed by atoms with Gasteiger partial charge in [0.25, 0.3) is 10.0 Å². The summed E-state index contributed by atoms with van der Waals surface area (Å²) in [5.41, 5.74) is 2.65. The molecule has 0 amide bonds. The number of rotatable bonds is 4. The van der Waals surface area contributed by atoms with Gasteiger partial charge >= 0.3 is 0 Å². The van der Waals surface area contributed by atoms with Crippen molar-refractivity contribution in [1.82, 2.24) is 0 Å². The zero-order valence-electron chi connectivity index (χ0n) is 11.4. The maximum absolute atomic E-state index is 12.4. The van der Waals surface area contributed by atoms with Crippen LogP contribution in [0.25, 0.3) is 0 Å². The molecule has 0 saturated carbocycles. The molecule has 0 aliphatic rings. The molecule has 0 heterocycles. The lowest BCUT2D eigenvalue weighted by Gasteiger charge is -2.13. The summed E-state index contributed by atoms with van der Waals surface area (Å²) in [4.78, 5) is 0.246. The highest BCUT2D eigenvalue weighted by atomic mass is 32.2. The van der Waals surface area contributed by atoms with E-state index in [0.29, 0.717) is 16.8 Å². The number of para-hydroxylation sites is 1. The fraction of sp³-hybridized carbons (Fsp3) is 0.200. The number of anilines is 1. The lowest BCUT2D eigenvalue weighted by Crippen LogP contribution is -2.15. The predicted molar refractivity (Wildman–Crippen MR) is 79.1 cm³/mol. The van der Waals surface area contributed by atoms with Gasteiger partial charge in [-0.1, -0.05) is 35.9 Å². The normalized spacial score (nSPS) is 11.3. The molecule has 0 atom stereocenters. The fourth-order valence-corrected chi connectivity index (χ4v) is 3.39. The van der Waals surface area contributed by atoms with Crippen molar-refractivity contribution in [2.75, 3.05) is 4.72 Å². The van der Waals surface area contributed by atoms with Gasteiger partial charge in [0.15, 0.2) is 0 Å². The molecular formula is C15H17NO3S. The van der Waals surface area contributed by atoms with E-state index in [4.69, 9.17) is 0 Å². The van der Waals surface area contributed by atoms with Crippen LogP contribution in [0.4, 0.5) is 5.69 Å². The summed E-state index contributed by atoms with van der Waals surface area (Å²) in [6.07, 6.45) is 0. The zero-order valence-corrected chi connectivity index (χ0v) is 12.2. The first-order chi connectivity index (χ1) is 9.44. The average molecular weight is 291 g/mol. The second-order valence-corrected chi connectivity index (χ2v) is 6.34.